The number of methoxy groups -OCH3 is 1. The maximum Gasteiger partial charge on any atom is 0.411 e. The molecule has 0 aliphatic carbocycles. The van der Waals surface area contributed by atoms with Crippen molar-refractivity contribution in [1.82, 2.24) is 9.55 Å². The van der Waals surface area contributed by atoms with E-state index in [1.165, 1.54) is 7.11 Å². The predicted octanol–water partition coefficient (Wildman–Crippen LogP) is 2.62. The number of nitrogens with one attached hydrogen (secondary N) is 1. The summed E-state index contributed by atoms with van der Waals surface area (Å²) in [5.41, 5.74) is 1.30. The number of hydrogen-bond acceptors (Lipinski definition) is 4. The van der Waals surface area contributed by atoms with Crippen molar-refractivity contribution in [3.05, 3.63) is 70.9 Å². The van der Waals surface area contributed by atoms with Gasteiger partial charge in [-0.3, -0.25) is 15.1 Å². The summed E-state index contributed by atoms with van der Waals surface area (Å²) in [5, 5.41) is 3.86. The smallest absolute Gasteiger partial charge is 0.411 e. The Hall–Kier alpha value is -3.15. The average molecular weight is 309 g/mol. The second-order valence-corrected chi connectivity index (χ2v) is 5.00. The maximum absolute atomic E-state index is 12.6. The summed E-state index contributed by atoms with van der Waals surface area (Å²) in [6.07, 6.45) is 4.42. The fraction of sp³-hybridized carbons (Fsp3) is 0.118. The highest BCUT2D eigenvalue weighted by Crippen LogP contribution is 2.21. The van der Waals surface area contributed by atoms with Gasteiger partial charge in [0.2, 0.25) is 0 Å². The Bertz CT molecular complexity index is 904. The number of nitrogens with zero attached hydrogens (tertiary/aromatic N) is 2. The lowest BCUT2D eigenvalue weighted by Gasteiger charge is -2.12. The molecule has 6 nitrogen and oxygen atoms in total. The Kier molecular flexibility index (Phi) is 4.05. The normalized spacial score (nSPS) is 10.5. The summed E-state index contributed by atoms with van der Waals surface area (Å²) in [6.45, 7) is 0.368. The van der Waals surface area contributed by atoms with Crippen molar-refractivity contribution in [2.45, 2.75) is 6.54 Å². The van der Waals surface area contributed by atoms with Gasteiger partial charge in [0.15, 0.2) is 0 Å². The first-order valence-electron chi connectivity index (χ1n) is 7.05. The average Bonchev–Trinajstić information content (AvgIpc) is 2.60. The van der Waals surface area contributed by atoms with Crippen LogP contribution in [0.2, 0.25) is 0 Å². The summed E-state index contributed by atoms with van der Waals surface area (Å²) in [7, 11) is 1.29. The summed E-state index contributed by atoms with van der Waals surface area (Å²) >= 11 is 0. The van der Waals surface area contributed by atoms with Gasteiger partial charge in [-0.05, 0) is 17.7 Å². The Morgan fingerprint density at radius 3 is 2.70 bits per heavy atom. The first-order valence-corrected chi connectivity index (χ1v) is 7.05. The number of pyridine rings is 2. The van der Waals surface area contributed by atoms with Crippen LogP contribution in [-0.2, 0) is 11.3 Å². The van der Waals surface area contributed by atoms with Gasteiger partial charge in [-0.2, -0.15) is 0 Å². The van der Waals surface area contributed by atoms with Crippen molar-refractivity contribution in [1.29, 1.82) is 0 Å². The molecule has 0 aliphatic rings. The van der Waals surface area contributed by atoms with E-state index in [1.807, 2.05) is 18.2 Å². The Labute approximate surface area is 132 Å². The van der Waals surface area contributed by atoms with E-state index < -0.39 is 6.09 Å². The minimum Gasteiger partial charge on any atom is -0.453 e. The maximum atomic E-state index is 12.6. The van der Waals surface area contributed by atoms with Crippen LogP contribution in [-0.4, -0.2) is 22.8 Å². The van der Waals surface area contributed by atoms with Crippen LogP contribution in [0.1, 0.15) is 5.56 Å². The van der Waals surface area contributed by atoms with E-state index in [4.69, 9.17) is 0 Å². The van der Waals surface area contributed by atoms with Crippen LogP contribution in [0.3, 0.4) is 0 Å². The fourth-order valence-electron chi connectivity index (χ4n) is 2.41. The molecule has 3 rings (SSSR count). The van der Waals surface area contributed by atoms with Gasteiger partial charge in [0.05, 0.1) is 19.3 Å². The number of carbonyl (C=O) groups excluding carboxylic acids is 1. The van der Waals surface area contributed by atoms with Crippen molar-refractivity contribution >= 4 is 22.6 Å². The minimum atomic E-state index is -0.582. The van der Waals surface area contributed by atoms with E-state index in [1.54, 1.807) is 41.4 Å². The summed E-state index contributed by atoms with van der Waals surface area (Å²) in [4.78, 5) is 28.2. The quantitative estimate of drug-likeness (QED) is 0.807. The second-order valence-electron chi connectivity index (χ2n) is 5.00. The highest BCUT2D eigenvalue weighted by atomic mass is 16.5. The molecule has 0 aliphatic heterocycles. The highest BCUT2D eigenvalue weighted by molar-refractivity contribution is 5.99. The molecular formula is C17H15N3O3. The predicted molar refractivity (Wildman–Crippen MR) is 87.6 cm³/mol. The van der Waals surface area contributed by atoms with Crippen molar-refractivity contribution < 1.29 is 9.53 Å². The van der Waals surface area contributed by atoms with Crippen molar-refractivity contribution in [3.8, 4) is 0 Å². The molecule has 0 fully saturated rings. The lowest BCUT2D eigenvalue weighted by atomic mass is 10.1. The molecule has 1 amide bonds. The molecule has 3 aromatic rings. The number of rotatable bonds is 3. The monoisotopic (exact) mass is 309 g/mol. The zero-order valence-electron chi connectivity index (χ0n) is 12.5. The molecule has 23 heavy (non-hydrogen) atoms. The third kappa shape index (κ3) is 3.06. The molecule has 0 spiro atoms. The van der Waals surface area contributed by atoms with Crippen LogP contribution in [0.15, 0.2) is 59.8 Å². The van der Waals surface area contributed by atoms with Crippen LogP contribution in [0.4, 0.5) is 10.5 Å². The number of benzene rings is 1. The number of hydrogen-bond donors (Lipinski definition) is 1. The largest absolute Gasteiger partial charge is 0.453 e. The van der Waals surface area contributed by atoms with Gasteiger partial charge in [-0.1, -0.05) is 24.3 Å². The van der Waals surface area contributed by atoms with Gasteiger partial charge in [-0.25, -0.2) is 4.79 Å². The molecule has 1 aromatic carbocycles. The number of fused-ring (bicyclic) bond motifs is 1. The number of aromatic nitrogens is 2. The Balaban J connectivity index is 2.12. The van der Waals surface area contributed by atoms with Crippen molar-refractivity contribution in [2.24, 2.45) is 0 Å². The number of ether oxygens (including phenoxy) is 1. The van der Waals surface area contributed by atoms with Crippen LogP contribution in [0.25, 0.3) is 10.8 Å². The van der Waals surface area contributed by atoms with E-state index in [0.717, 1.165) is 5.56 Å². The molecule has 1 N–H and O–H groups in total. The first-order chi connectivity index (χ1) is 11.2. The molecule has 0 saturated heterocycles. The van der Waals surface area contributed by atoms with Crippen LogP contribution < -0.4 is 10.9 Å². The molecule has 2 heterocycles. The number of amides is 1. The van der Waals surface area contributed by atoms with E-state index in [2.05, 4.69) is 15.0 Å². The Morgan fingerprint density at radius 2 is 2.00 bits per heavy atom. The molecule has 0 saturated carbocycles. The van der Waals surface area contributed by atoms with Gasteiger partial charge >= 0.3 is 6.09 Å². The zero-order chi connectivity index (χ0) is 16.2. The standard InChI is InChI=1S/C17H15N3O3/c1-23-17(22)19-15-11-20(10-12-5-4-8-18-9-12)16(21)14-7-3-2-6-13(14)15/h2-9,11H,10H2,1H3,(H,19,22). The molecular weight excluding hydrogens is 294 g/mol. The fourth-order valence-corrected chi connectivity index (χ4v) is 2.41. The summed E-state index contributed by atoms with van der Waals surface area (Å²) < 4.78 is 6.19. The van der Waals surface area contributed by atoms with Crippen molar-refractivity contribution in [3.63, 3.8) is 0 Å². The van der Waals surface area contributed by atoms with Gasteiger partial charge in [0.25, 0.3) is 5.56 Å². The molecule has 0 unspecified atom stereocenters. The SMILES string of the molecule is COC(=O)Nc1cn(Cc2cccnc2)c(=O)c2ccccc12. The molecule has 6 heteroatoms. The van der Waals surface area contributed by atoms with E-state index >= 15 is 0 Å². The van der Waals surface area contributed by atoms with E-state index in [0.29, 0.717) is 23.0 Å². The first kappa shape index (κ1) is 14.8. The van der Waals surface area contributed by atoms with Crippen LogP contribution >= 0.6 is 0 Å². The molecule has 0 atom stereocenters. The van der Waals surface area contributed by atoms with Gasteiger partial charge in [0, 0.05) is 29.4 Å². The molecule has 0 bridgehead atoms. The summed E-state index contributed by atoms with van der Waals surface area (Å²) in [5.74, 6) is 0. The lowest BCUT2D eigenvalue weighted by molar-refractivity contribution is 0.187. The summed E-state index contributed by atoms with van der Waals surface area (Å²) in [6, 6.07) is 10.8. The second kappa shape index (κ2) is 6.31. The zero-order valence-corrected chi connectivity index (χ0v) is 12.5. The third-order valence-electron chi connectivity index (χ3n) is 3.49. The number of carbonyl (C=O) groups is 1. The van der Waals surface area contributed by atoms with Crippen LogP contribution in [0.5, 0.6) is 0 Å². The topological polar surface area (TPSA) is 73.2 Å². The van der Waals surface area contributed by atoms with E-state index in [9.17, 15) is 9.59 Å². The van der Waals surface area contributed by atoms with Gasteiger partial charge in [-0.15, -0.1) is 0 Å². The van der Waals surface area contributed by atoms with E-state index in [-0.39, 0.29) is 5.56 Å². The third-order valence-corrected chi connectivity index (χ3v) is 3.49. The van der Waals surface area contributed by atoms with Gasteiger partial charge in [0.1, 0.15) is 0 Å². The van der Waals surface area contributed by atoms with Gasteiger partial charge < -0.3 is 9.30 Å². The number of anilines is 1. The van der Waals surface area contributed by atoms with Crippen LogP contribution in [0, 0.1) is 0 Å². The Morgan fingerprint density at radius 1 is 1.22 bits per heavy atom. The highest BCUT2D eigenvalue weighted by Gasteiger charge is 2.11. The molecule has 2 aromatic heterocycles. The molecule has 0 radical (unpaired) electrons. The lowest BCUT2D eigenvalue weighted by Crippen LogP contribution is -2.22. The minimum absolute atomic E-state index is 0.125. The van der Waals surface area contributed by atoms with Crippen molar-refractivity contribution in [2.75, 3.05) is 12.4 Å². The molecule has 116 valence electrons.